The number of carbonyl (C=O) groups excluding carboxylic acids is 1. The molecule has 0 aliphatic rings. The van der Waals surface area contributed by atoms with Crippen LogP contribution >= 0.6 is 0 Å². The minimum atomic E-state index is -0.756. The number of nitrogens with one attached hydrogen (secondary N) is 1. The Bertz CT molecular complexity index is 395. The van der Waals surface area contributed by atoms with Gasteiger partial charge < -0.3 is 15.2 Å². The molecular weight excluding hydrogens is 225 g/mol. The number of anilines is 1. The number of amides is 1. The van der Waals surface area contributed by atoms with Crippen LogP contribution < -0.4 is 5.32 Å². The van der Waals surface area contributed by atoms with Gasteiger partial charge in [0.2, 0.25) is 5.91 Å². The van der Waals surface area contributed by atoms with Gasteiger partial charge in [0.25, 0.3) is 0 Å². The molecule has 0 aliphatic heterocycles. The maximum atomic E-state index is 13.0. The van der Waals surface area contributed by atoms with Crippen molar-refractivity contribution < 1.29 is 19.0 Å². The summed E-state index contributed by atoms with van der Waals surface area (Å²) in [5.74, 6) is -1.40. The minimum Gasteiger partial charge on any atom is -0.505 e. The summed E-state index contributed by atoms with van der Waals surface area (Å²) in [6.45, 7) is 1.87. The SMILES string of the molecule is COC(C)CCC(=O)Nc1ccc(O)c(F)c1. The lowest BCUT2D eigenvalue weighted by Gasteiger charge is -2.09. The molecular formula is C12H16FNO3. The van der Waals surface area contributed by atoms with E-state index in [0.29, 0.717) is 18.5 Å². The summed E-state index contributed by atoms with van der Waals surface area (Å²) in [5, 5.41) is 11.5. The van der Waals surface area contributed by atoms with Gasteiger partial charge in [-0.2, -0.15) is 0 Å². The van der Waals surface area contributed by atoms with Crippen molar-refractivity contribution in [2.45, 2.75) is 25.9 Å². The zero-order valence-electron chi connectivity index (χ0n) is 9.87. The monoisotopic (exact) mass is 241 g/mol. The predicted molar refractivity (Wildman–Crippen MR) is 62.4 cm³/mol. The third-order valence-electron chi connectivity index (χ3n) is 2.41. The number of ether oxygens (including phenoxy) is 1. The molecule has 1 aromatic rings. The Kier molecular flexibility index (Phi) is 4.90. The van der Waals surface area contributed by atoms with E-state index in [1.54, 1.807) is 7.11 Å². The lowest BCUT2D eigenvalue weighted by Crippen LogP contribution is -2.15. The van der Waals surface area contributed by atoms with Gasteiger partial charge in [-0.1, -0.05) is 0 Å². The van der Waals surface area contributed by atoms with E-state index in [4.69, 9.17) is 9.84 Å². The third-order valence-corrected chi connectivity index (χ3v) is 2.41. The fraction of sp³-hybridized carbons (Fsp3) is 0.417. The molecule has 17 heavy (non-hydrogen) atoms. The van der Waals surface area contributed by atoms with Crippen molar-refractivity contribution >= 4 is 11.6 Å². The van der Waals surface area contributed by atoms with Crippen LogP contribution in [-0.2, 0) is 9.53 Å². The van der Waals surface area contributed by atoms with Gasteiger partial charge >= 0.3 is 0 Å². The van der Waals surface area contributed by atoms with Crippen LogP contribution in [0.2, 0.25) is 0 Å². The number of phenolic OH excluding ortho intramolecular Hbond substituents is 1. The van der Waals surface area contributed by atoms with E-state index in [-0.39, 0.29) is 12.0 Å². The zero-order chi connectivity index (χ0) is 12.8. The van der Waals surface area contributed by atoms with E-state index in [0.717, 1.165) is 6.07 Å². The number of hydrogen-bond acceptors (Lipinski definition) is 3. The Morgan fingerprint density at radius 1 is 1.59 bits per heavy atom. The highest BCUT2D eigenvalue weighted by atomic mass is 19.1. The Labute approximate surface area is 99.4 Å². The second-order valence-electron chi connectivity index (χ2n) is 3.80. The van der Waals surface area contributed by atoms with Gasteiger partial charge in [0.1, 0.15) is 0 Å². The number of rotatable bonds is 5. The van der Waals surface area contributed by atoms with Crippen LogP contribution in [0.3, 0.4) is 0 Å². The first kappa shape index (κ1) is 13.4. The van der Waals surface area contributed by atoms with Gasteiger partial charge in [0.15, 0.2) is 11.6 Å². The molecule has 4 nitrogen and oxygen atoms in total. The van der Waals surface area contributed by atoms with Crippen molar-refractivity contribution in [2.75, 3.05) is 12.4 Å². The number of carbonyl (C=O) groups is 1. The molecule has 0 saturated heterocycles. The normalized spacial score (nSPS) is 12.2. The maximum absolute atomic E-state index is 13.0. The number of halogens is 1. The van der Waals surface area contributed by atoms with Gasteiger partial charge in [-0.15, -0.1) is 0 Å². The van der Waals surface area contributed by atoms with Crippen LogP contribution in [0.1, 0.15) is 19.8 Å². The first-order valence-corrected chi connectivity index (χ1v) is 5.34. The van der Waals surface area contributed by atoms with Crippen molar-refractivity contribution in [3.05, 3.63) is 24.0 Å². The Balaban J connectivity index is 2.48. The minimum absolute atomic E-state index is 0.0114. The number of hydrogen-bond donors (Lipinski definition) is 2. The smallest absolute Gasteiger partial charge is 0.224 e. The molecule has 1 rings (SSSR count). The van der Waals surface area contributed by atoms with Crippen LogP contribution in [0.15, 0.2) is 18.2 Å². The quantitative estimate of drug-likeness (QED) is 0.777. The Morgan fingerprint density at radius 3 is 2.88 bits per heavy atom. The van der Waals surface area contributed by atoms with Crippen LogP contribution in [0.4, 0.5) is 10.1 Å². The number of aromatic hydroxyl groups is 1. The molecule has 94 valence electrons. The van der Waals surface area contributed by atoms with E-state index in [9.17, 15) is 9.18 Å². The topological polar surface area (TPSA) is 58.6 Å². The number of phenols is 1. The lowest BCUT2D eigenvalue weighted by molar-refractivity contribution is -0.116. The third kappa shape index (κ3) is 4.40. The summed E-state index contributed by atoms with van der Waals surface area (Å²) in [7, 11) is 1.58. The van der Waals surface area contributed by atoms with Crippen molar-refractivity contribution in [2.24, 2.45) is 0 Å². The molecule has 0 aliphatic carbocycles. The van der Waals surface area contributed by atoms with Crippen LogP contribution in [0.25, 0.3) is 0 Å². The van der Waals surface area contributed by atoms with Crippen LogP contribution in [-0.4, -0.2) is 24.2 Å². The van der Waals surface area contributed by atoms with E-state index in [1.165, 1.54) is 12.1 Å². The Hall–Kier alpha value is -1.62. The first-order chi connectivity index (χ1) is 8.02. The molecule has 0 heterocycles. The zero-order valence-corrected chi connectivity index (χ0v) is 9.87. The molecule has 0 fully saturated rings. The second kappa shape index (κ2) is 6.20. The van der Waals surface area contributed by atoms with Gasteiger partial charge in [-0.05, 0) is 25.5 Å². The molecule has 1 aromatic carbocycles. The summed E-state index contributed by atoms with van der Waals surface area (Å²) in [6, 6.07) is 3.71. The Morgan fingerprint density at radius 2 is 2.29 bits per heavy atom. The molecule has 0 spiro atoms. The molecule has 0 saturated carbocycles. The second-order valence-corrected chi connectivity index (χ2v) is 3.80. The van der Waals surface area contributed by atoms with E-state index in [1.807, 2.05) is 6.92 Å². The predicted octanol–water partition coefficient (Wildman–Crippen LogP) is 2.28. The van der Waals surface area contributed by atoms with Crippen LogP contribution in [0.5, 0.6) is 5.75 Å². The highest BCUT2D eigenvalue weighted by molar-refractivity contribution is 5.90. The van der Waals surface area contributed by atoms with Gasteiger partial charge in [0.05, 0.1) is 6.10 Å². The van der Waals surface area contributed by atoms with Crippen molar-refractivity contribution in [3.63, 3.8) is 0 Å². The average molecular weight is 241 g/mol. The highest BCUT2D eigenvalue weighted by Crippen LogP contribution is 2.19. The molecule has 1 atom stereocenters. The molecule has 0 radical (unpaired) electrons. The van der Waals surface area contributed by atoms with Gasteiger partial charge in [0, 0.05) is 25.3 Å². The number of methoxy groups -OCH3 is 1. The molecule has 5 heteroatoms. The summed E-state index contributed by atoms with van der Waals surface area (Å²) >= 11 is 0. The summed E-state index contributed by atoms with van der Waals surface area (Å²) in [5.41, 5.74) is 0.329. The first-order valence-electron chi connectivity index (χ1n) is 5.34. The molecule has 1 unspecified atom stereocenters. The summed E-state index contributed by atoms with van der Waals surface area (Å²) < 4.78 is 18.0. The summed E-state index contributed by atoms with van der Waals surface area (Å²) in [4.78, 5) is 11.5. The highest BCUT2D eigenvalue weighted by Gasteiger charge is 2.07. The molecule has 0 aromatic heterocycles. The summed E-state index contributed by atoms with van der Waals surface area (Å²) in [6.07, 6.45) is 0.915. The molecule has 2 N–H and O–H groups in total. The number of benzene rings is 1. The van der Waals surface area contributed by atoms with E-state index in [2.05, 4.69) is 5.32 Å². The standard InChI is InChI=1S/C12H16FNO3/c1-8(17-2)3-6-12(16)14-9-4-5-11(15)10(13)7-9/h4-5,7-8,15H,3,6H2,1-2H3,(H,14,16). The van der Waals surface area contributed by atoms with E-state index >= 15 is 0 Å². The fourth-order valence-electron chi connectivity index (χ4n) is 1.26. The molecule has 0 bridgehead atoms. The van der Waals surface area contributed by atoms with E-state index < -0.39 is 11.6 Å². The van der Waals surface area contributed by atoms with Crippen molar-refractivity contribution in [1.29, 1.82) is 0 Å². The van der Waals surface area contributed by atoms with Gasteiger partial charge in [-0.25, -0.2) is 4.39 Å². The van der Waals surface area contributed by atoms with Crippen LogP contribution in [0, 0.1) is 5.82 Å². The van der Waals surface area contributed by atoms with Crippen molar-refractivity contribution in [1.82, 2.24) is 0 Å². The lowest BCUT2D eigenvalue weighted by atomic mass is 10.2. The van der Waals surface area contributed by atoms with Gasteiger partial charge in [-0.3, -0.25) is 4.79 Å². The molecule has 1 amide bonds. The largest absolute Gasteiger partial charge is 0.505 e. The maximum Gasteiger partial charge on any atom is 0.224 e. The fourth-order valence-corrected chi connectivity index (χ4v) is 1.26. The average Bonchev–Trinajstić information content (AvgIpc) is 2.31. The van der Waals surface area contributed by atoms with Crippen molar-refractivity contribution in [3.8, 4) is 5.75 Å².